The maximum atomic E-state index is 13.1. The lowest BCUT2D eigenvalue weighted by molar-refractivity contribution is -0.142. The number of rotatable bonds is 30. The summed E-state index contributed by atoms with van der Waals surface area (Å²) in [4.78, 5) is 41.6. The third-order valence-corrected chi connectivity index (χ3v) is 9.24. The molecular weight excluding hydrogens is 669 g/mol. The van der Waals surface area contributed by atoms with Crippen LogP contribution in [0.15, 0.2) is 48.6 Å². The molecule has 0 fully saturated rings. The summed E-state index contributed by atoms with van der Waals surface area (Å²) in [5, 5.41) is 0.146. The van der Waals surface area contributed by atoms with Gasteiger partial charge in [-0.05, 0) is 83.2 Å². The van der Waals surface area contributed by atoms with Gasteiger partial charge in [0.25, 0.3) is 5.24 Å². The molecule has 0 bridgehead atoms. The molecule has 298 valence electrons. The van der Waals surface area contributed by atoms with Gasteiger partial charge in [-0.3, -0.25) is 9.59 Å². The minimum Gasteiger partial charge on any atom is -0.461 e. The van der Waals surface area contributed by atoms with Gasteiger partial charge in [0.15, 0.2) is 0 Å². The minimum absolute atomic E-state index is 0.118. The first-order valence-electron chi connectivity index (χ1n) is 20.6. The van der Waals surface area contributed by atoms with Crippen LogP contribution in [-0.2, 0) is 20.7 Å². The van der Waals surface area contributed by atoms with Gasteiger partial charge >= 0.3 is 11.9 Å². The molecule has 0 atom stereocenters. The van der Waals surface area contributed by atoms with Crippen LogP contribution < -0.4 is 0 Å². The molecule has 0 aliphatic rings. The molecule has 7 nitrogen and oxygen atoms in total. The van der Waals surface area contributed by atoms with E-state index < -0.39 is 0 Å². The van der Waals surface area contributed by atoms with Crippen LogP contribution >= 0.6 is 11.8 Å². The van der Waals surface area contributed by atoms with Crippen LogP contribution in [0.25, 0.3) is 0 Å². The molecule has 0 aliphatic carbocycles. The Morgan fingerprint density at radius 3 is 1.77 bits per heavy atom. The minimum atomic E-state index is -0.301. The number of nitrogens with zero attached hydrogens (tertiary/aromatic N) is 2. The van der Waals surface area contributed by atoms with Crippen molar-refractivity contribution in [1.82, 2.24) is 9.80 Å². The first-order chi connectivity index (χ1) is 25.3. The van der Waals surface area contributed by atoms with E-state index in [1.807, 2.05) is 55.4 Å². The number of carbonyl (C=O) groups excluding carboxylic acids is 3. The summed E-state index contributed by atoms with van der Waals surface area (Å²) in [6, 6.07) is 7.64. The number of ether oxygens (including phenoxy) is 2. The average molecular weight is 745 g/mol. The van der Waals surface area contributed by atoms with Gasteiger partial charge in [0.2, 0.25) is 0 Å². The van der Waals surface area contributed by atoms with E-state index in [9.17, 15) is 14.4 Å². The smallest absolute Gasteiger partial charge is 0.338 e. The molecule has 52 heavy (non-hydrogen) atoms. The summed E-state index contributed by atoms with van der Waals surface area (Å²) < 4.78 is 10.7. The highest BCUT2D eigenvalue weighted by atomic mass is 32.2. The number of amides is 1. The zero-order valence-corrected chi connectivity index (χ0v) is 35.0. The van der Waals surface area contributed by atoms with Gasteiger partial charge in [-0.25, -0.2) is 4.79 Å². The second-order valence-corrected chi connectivity index (χ2v) is 14.9. The number of hydrogen-bond donors (Lipinski definition) is 0. The van der Waals surface area contributed by atoms with E-state index in [-0.39, 0.29) is 17.2 Å². The summed E-state index contributed by atoms with van der Waals surface area (Å²) in [5.41, 5.74) is 1.71. The highest BCUT2D eigenvalue weighted by Crippen LogP contribution is 2.15. The molecule has 8 heteroatoms. The highest BCUT2D eigenvalue weighted by Gasteiger charge is 2.14. The van der Waals surface area contributed by atoms with Crippen molar-refractivity contribution in [1.29, 1.82) is 0 Å². The number of allylic oxidation sites excluding steroid dienone is 2. The largest absolute Gasteiger partial charge is 0.461 e. The normalized spacial score (nSPS) is 11.2. The van der Waals surface area contributed by atoms with E-state index in [0.29, 0.717) is 31.7 Å². The van der Waals surface area contributed by atoms with Gasteiger partial charge in [-0.2, -0.15) is 0 Å². The lowest BCUT2D eigenvalue weighted by atomic mass is 10.1. The van der Waals surface area contributed by atoms with Crippen LogP contribution in [0.2, 0.25) is 0 Å². The Morgan fingerprint density at radius 2 is 1.17 bits per heavy atom. The fourth-order valence-electron chi connectivity index (χ4n) is 5.26. The lowest BCUT2D eigenvalue weighted by Crippen LogP contribution is -2.31. The van der Waals surface area contributed by atoms with Crippen molar-refractivity contribution in [3.8, 4) is 0 Å². The monoisotopic (exact) mass is 745 g/mol. The number of esters is 2. The molecule has 1 aromatic rings. The van der Waals surface area contributed by atoms with Crippen LogP contribution in [0.4, 0.5) is 4.79 Å². The van der Waals surface area contributed by atoms with E-state index in [0.717, 1.165) is 82.2 Å². The first-order valence-corrected chi connectivity index (χ1v) is 21.5. The molecular formula is C44H76N2O5S. The third kappa shape index (κ3) is 31.0. The Labute approximate surface area is 323 Å². The van der Waals surface area contributed by atoms with Gasteiger partial charge in [0.1, 0.15) is 13.2 Å². The van der Waals surface area contributed by atoms with E-state index in [4.69, 9.17) is 9.47 Å². The van der Waals surface area contributed by atoms with Crippen LogP contribution in [0.1, 0.15) is 159 Å². The Bertz CT molecular complexity index is 1060. The number of carbonyl (C=O) groups is 3. The second kappa shape index (κ2) is 36.8. The first kappa shape index (κ1) is 49.4. The molecule has 0 saturated carbocycles. The molecule has 1 aromatic carbocycles. The van der Waals surface area contributed by atoms with Crippen LogP contribution in [0.5, 0.6) is 0 Å². The molecule has 0 unspecified atom stereocenters. The maximum absolute atomic E-state index is 13.1. The van der Waals surface area contributed by atoms with Crippen molar-refractivity contribution in [2.24, 2.45) is 0 Å². The van der Waals surface area contributed by atoms with Gasteiger partial charge < -0.3 is 19.3 Å². The van der Waals surface area contributed by atoms with Crippen LogP contribution in [0.3, 0.4) is 0 Å². The predicted molar refractivity (Wildman–Crippen MR) is 223 cm³/mol. The molecule has 0 aromatic heterocycles. The van der Waals surface area contributed by atoms with Gasteiger partial charge in [-0.1, -0.05) is 140 Å². The quantitative estimate of drug-likeness (QED) is 0.0441. The van der Waals surface area contributed by atoms with Crippen molar-refractivity contribution in [2.75, 3.05) is 52.7 Å². The van der Waals surface area contributed by atoms with E-state index in [1.54, 1.807) is 0 Å². The lowest BCUT2D eigenvalue weighted by Gasteiger charge is -2.23. The molecule has 1 amide bonds. The molecule has 0 saturated heterocycles. The number of hydrogen-bond acceptors (Lipinski definition) is 7. The molecule has 0 heterocycles. The molecule has 0 spiro atoms. The Kier molecular flexibility index (Phi) is 34.9. The van der Waals surface area contributed by atoms with Crippen molar-refractivity contribution in [3.63, 3.8) is 0 Å². The average Bonchev–Trinajstić information content (AvgIpc) is 3.13. The number of unbranched alkanes of at least 4 members (excludes halogenated alkanes) is 12. The summed E-state index contributed by atoms with van der Waals surface area (Å²) in [6.45, 7) is 11.7. The number of thioether (sulfide) groups is 1. The van der Waals surface area contributed by atoms with Crippen LogP contribution in [-0.4, -0.2) is 79.7 Å². The Morgan fingerprint density at radius 1 is 0.635 bits per heavy atom. The number of benzene rings is 1. The van der Waals surface area contributed by atoms with Crippen molar-refractivity contribution in [2.45, 2.75) is 150 Å². The molecule has 0 N–H and O–H groups in total. The van der Waals surface area contributed by atoms with Gasteiger partial charge in [-0.15, -0.1) is 0 Å². The fourth-order valence-corrected chi connectivity index (χ4v) is 6.25. The highest BCUT2D eigenvalue weighted by molar-refractivity contribution is 8.13. The van der Waals surface area contributed by atoms with Crippen molar-refractivity contribution < 1.29 is 23.9 Å². The molecule has 0 aliphatic heterocycles. The predicted octanol–water partition coefficient (Wildman–Crippen LogP) is 11.8. The van der Waals surface area contributed by atoms with Gasteiger partial charge in [0, 0.05) is 31.8 Å². The second-order valence-electron chi connectivity index (χ2n) is 13.9. The van der Waals surface area contributed by atoms with E-state index >= 15 is 0 Å². The number of aryl methyl sites for hydroxylation is 1. The van der Waals surface area contributed by atoms with Crippen molar-refractivity contribution in [3.05, 3.63) is 59.7 Å². The van der Waals surface area contributed by atoms with Crippen molar-refractivity contribution >= 4 is 28.9 Å². The standard InChI is InChI=1S/C41H68N2O5S.C3H8/c1-5-7-9-11-13-18-22-34-47-39(44)26-20-16-15-17-21-31-43(41(46)49-36-33-42(3)4)32-24-25-37-27-29-38(30-28-37)40(45)48-35-23-19-14-12-10-8-6-2;1-3-2/h18-19,22-23,27-30H,5-17,20-21,24-26,31-36H2,1-4H3;3H2,1-2H3/b22-18-,23-19-;. The third-order valence-electron chi connectivity index (χ3n) is 8.35. The SMILES string of the molecule is CCC.CCCCCC/C=C\COC(=O)CCCCCCCN(CCCc1ccc(C(=O)OC/C=C\CCCCCC)cc1)C(=O)SCCN(C)C. The zero-order valence-electron chi connectivity index (χ0n) is 34.1. The summed E-state index contributed by atoms with van der Waals surface area (Å²) in [5.74, 6) is 0.359. The Balaban J connectivity index is 0.00000835. The topological polar surface area (TPSA) is 76.1 Å². The zero-order chi connectivity index (χ0) is 38.5. The van der Waals surface area contributed by atoms with Crippen LogP contribution in [0, 0.1) is 0 Å². The summed E-state index contributed by atoms with van der Waals surface area (Å²) in [7, 11) is 4.04. The summed E-state index contributed by atoms with van der Waals surface area (Å²) in [6.07, 6.45) is 28.4. The van der Waals surface area contributed by atoms with Gasteiger partial charge in [0.05, 0.1) is 5.56 Å². The maximum Gasteiger partial charge on any atom is 0.338 e. The molecule has 1 rings (SSSR count). The van der Waals surface area contributed by atoms with E-state index in [2.05, 4.69) is 44.7 Å². The van der Waals surface area contributed by atoms with E-state index in [1.165, 1.54) is 69.5 Å². The summed E-state index contributed by atoms with van der Waals surface area (Å²) >= 11 is 1.40. The molecule has 0 radical (unpaired) electrons. The fraction of sp³-hybridized carbons (Fsp3) is 0.705. The Hall–Kier alpha value is -2.58.